The number of rotatable bonds is 5. The molecule has 134 valence electrons. The molecular weight excluding hydrogens is 356 g/mol. The van der Waals surface area contributed by atoms with E-state index in [1.807, 2.05) is 0 Å². The Labute approximate surface area is 155 Å². The number of benzene rings is 1. The number of aromatic nitrogens is 1. The fraction of sp³-hybridized carbons (Fsp3) is 0.111. The van der Waals surface area contributed by atoms with Crippen molar-refractivity contribution < 1.29 is 14.7 Å². The highest BCUT2D eigenvalue weighted by atomic mass is 35.5. The van der Waals surface area contributed by atoms with Gasteiger partial charge in [0.05, 0.1) is 11.4 Å². The van der Waals surface area contributed by atoms with Crippen LogP contribution in [-0.2, 0) is 9.59 Å². The van der Waals surface area contributed by atoms with Crippen LogP contribution >= 0.6 is 11.6 Å². The minimum atomic E-state index is -1.24. The minimum Gasteiger partial charge on any atom is -0.478 e. The van der Waals surface area contributed by atoms with Crippen LogP contribution in [0.2, 0.25) is 5.02 Å². The Balaban J connectivity index is 2.45. The highest BCUT2D eigenvalue weighted by Gasteiger charge is 2.14. The topological polar surface area (TPSA) is 118 Å². The van der Waals surface area contributed by atoms with Gasteiger partial charge >= 0.3 is 5.97 Å². The van der Waals surface area contributed by atoms with Crippen LogP contribution < -0.4 is 11.1 Å². The Morgan fingerprint density at radius 1 is 1.35 bits per heavy atom. The fourth-order valence-electron chi connectivity index (χ4n) is 2.10. The number of nitrogens with one attached hydrogen (secondary N) is 1. The molecule has 0 saturated heterocycles. The van der Waals surface area contributed by atoms with Crippen molar-refractivity contribution in [2.24, 2.45) is 10.7 Å². The molecule has 0 spiro atoms. The van der Waals surface area contributed by atoms with Gasteiger partial charge in [-0.25, -0.2) is 9.78 Å². The number of pyridine rings is 1. The zero-order chi connectivity index (χ0) is 19.3. The molecule has 0 aliphatic heterocycles. The van der Waals surface area contributed by atoms with Crippen molar-refractivity contribution in [2.75, 3.05) is 5.32 Å². The Kier molecular flexibility index (Phi) is 6.08. The van der Waals surface area contributed by atoms with E-state index in [1.54, 1.807) is 37.3 Å². The van der Waals surface area contributed by atoms with Crippen LogP contribution in [0, 0.1) is 6.92 Å². The molecule has 26 heavy (non-hydrogen) atoms. The second kappa shape index (κ2) is 8.26. The number of hydrogen-bond donors (Lipinski definition) is 3. The molecule has 1 aromatic heterocycles. The zero-order valence-electron chi connectivity index (χ0n) is 14.2. The molecule has 2 rings (SSSR count). The Morgan fingerprint density at radius 2 is 2.04 bits per heavy atom. The summed E-state index contributed by atoms with van der Waals surface area (Å²) >= 11 is 6.08. The highest BCUT2D eigenvalue weighted by molar-refractivity contribution is 6.32. The summed E-state index contributed by atoms with van der Waals surface area (Å²) in [7, 11) is 0. The van der Waals surface area contributed by atoms with E-state index in [-0.39, 0.29) is 17.2 Å². The second-order valence-corrected chi connectivity index (χ2v) is 5.81. The van der Waals surface area contributed by atoms with Crippen LogP contribution in [-0.4, -0.2) is 28.2 Å². The summed E-state index contributed by atoms with van der Waals surface area (Å²) in [6.07, 6.45) is 2.68. The number of halogens is 1. The van der Waals surface area contributed by atoms with Gasteiger partial charge in [0.2, 0.25) is 5.91 Å². The first-order valence-corrected chi connectivity index (χ1v) is 7.93. The molecule has 0 bridgehead atoms. The van der Waals surface area contributed by atoms with Gasteiger partial charge in [-0.1, -0.05) is 29.8 Å². The lowest BCUT2D eigenvalue weighted by Gasteiger charge is -2.08. The van der Waals surface area contributed by atoms with Crippen molar-refractivity contribution in [1.29, 1.82) is 0 Å². The normalized spacial score (nSPS) is 12.0. The molecule has 4 N–H and O–H groups in total. The summed E-state index contributed by atoms with van der Waals surface area (Å²) in [4.78, 5) is 31.0. The van der Waals surface area contributed by atoms with E-state index >= 15 is 0 Å². The summed E-state index contributed by atoms with van der Waals surface area (Å²) in [6.45, 7) is 3.12. The molecule has 0 radical (unpaired) electrons. The molecule has 8 heteroatoms. The monoisotopic (exact) mass is 372 g/mol. The van der Waals surface area contributed by atoms with Gasteiger partial charge in [0, 0.05) is 36.0 Å². The summed E-state index contributed by atoms with van der Waals surface area (Å²) in [5, 5.41) is 12.4. The van der Waals surface area contributed by atoms with Crippen LogP contribution in [0.15, 0.2) is 47.1 Å². The molecule has 7 nitrogen and oxygen atoms in total. The van der Waals surface area contributed by atoms with E-state index < -0.39 is 5.97 Å². The maximum Gasteiger partial charge on any atom is 0.339 e. The number of carbonyl (C=O) groups excluding carboxylic acids is 1. The van der Waals surface area contributed by atoms with E-state index in [2.05, 4.69) is 15.3 Å². The predicted octanol–water partition coefficient (Wildman–Crippen LogP) is 3.16. The molecule has 1 heterocycles. The Morgan fingerprint density at radius 3 is 2.65 bits per heavy atom. The van der Waals surface area contributed by atoms with Crippen LogP contribution in [0.3, 0.4) is 0 Å². The first-order chi connectivity index (χ1) is 12.3. The zero-order valence-corrected chi connectivity index (χ0v) is 14.9. The van der Waals surface area contributed by atoms with Gasteiger partial charge in [0.15, 0.2) is 0 Å². The average molecular weight is 373 g/mol. The van der Waals surface area contributed by atoms with Crippen molar-refractivity contribution in [1.82, 2.24) is 4.98 Å². The van der Waals surface area contributed by atoms with E-state index in [1.165, 1.54) is 13.1 Å². The Hall–Kier alpha value is -3.19. The van der Waals surface area contributed by atoms with Crippen molar-refractivity contribution in [3.05, 3.63) is 58.3 Å². The molecule has 0 aliphatic rings. The largest absolute Gasteiger partial charge is 0.478 e. The molecule has 0 unspecified atom stereocenters. The van der Waals surface area contributed by atoms with Crippen molar-refractivity contribution >= 4 is 46.9 Å². The summed E-state index contributed by atoms with van der Waals surface area (Å²) in [6, 6.07) is 8.21. The lowest BCUT2D eigenvalue weighted by molar-refractivity contribution is -0.132. The average Bonchev–Trinajstić information content (AvgIpc) is 2.57. The van der Waals surface area contributed by atoms with Gasteiger partial charge in [0.1, 0.15) is 11.4 Å². The van der Waals surface area contributed by atoms with Crippen molar-refractivity contribution in [3.63, 3.8) is 0 Å². The van der Waals surface area contributed by atoms with E-state index in [9.17, 15) is 14.7 Å². The van der Waals surface area contributed by atoms with E-state index in [0.717, 1.165) is 6.21 Å². The van der Waals surface area contributed by atoms with E-state index in [4.69, 9.17) is 17.3 Å². The lowest BCUT2D eigenvalue weighted by Crippen LogP contribution is -2.11. The van der Waals surface area contributed by atoms with E-state index in [0.29, 0.717) is 27.7 Å². The second-order valence-electron chi connectivity index (χ2n) is 5.41. The Bertz CT molecular complexity index is 922. The summed E-state index contributed by atoms with van der Waals surface area (Å²) in [5.74, 6) is -1.19. The molecule has 0 atom stereocenters. The molecule has 2 aromatic rings. The lowest BCUT2D eigenvalue weighted by atomic mass is 10.1. The molecule has 0 aliphatic carbocycles. The number of aryl methyl sites for hydroxylation is 1. The quantitative estimate of drug-likeness (QED) is 0.550. The first-order valence-electron chi connectivity index (χ1n) is 7.56. The van der Waals surface area contributed by atoms with Crippen molar-refractivity contribution in [3.8, 4) is 0 Å². The van der Waals surface area contributed by atoms with Crippen LogP contribution in [0.4, 0.5) is 11.5 Å². The van der Waals surface area contributed by atoms with Gasteiger partial charge in [-0.2, -0.15) is 0 Å². The van der Waals surface area contributed by atoms with Gasteiger partial charge in [-0.15, -0.1) is 0 Å². The van der Waals surface area contributed by atoms with Crippen LogP contribution in [0.1, 0.15) is 18.1 Å². The third kappa shape index (κ3) is 4.67. The number of anilines is 1. The molecule has 0 saturated carbocycles. The smallest absolute Gasteiger partial charge is 0.339 e. The number of nitrogens with two attached hydrogens (primary N) is 1. The summed E-state index contributed by atoms with van der Waals surface area (Å²) in [5.41, 5.74) is 7.36. The number of hydrogen-bond acceptors (Lipinski definition) is 5. The predicted molar refractivity (Wildman–Crippen MR) is 102 cm³/mol. The SMILES string of the molecule is CC(=O)Nc1cc(N=C/C(C(=O)O)=C(\N)c2ccccc2Cl)c(C)cn1. The maximum absolute atomic E-state index is 11.6. The number of aliphatic carboxylic acids is 1. The third-order valence-electron chi connectivity index (χ3n) is 3.40. The first kappa shape index (κ1) is 19.1. The number of carboxylic acid groups (broad SMARTS) is 1. The van der Waals surface area contributed by atoms with Gasteiger partial charge in [-0.05, 0) is 18.6 Å². The molecule has 1 aromatic carbocycles. The maximum atomic E-state index is 11.6. The standard InChI is InChI=1S/C18H17ClN4O3/c1-10-8-22-16(23-11(2)24)7-15(10)21-9-13(18(25)26)17(20)12-5-3-4-6-14(12)19/h3-9H,20H2,1-2H3,(H,25,26)(H,22,23,24)/b17-13+,21-9?. The number of aliphatic imine (C=N–C) groups is 1. The number of carbonyl (C=O) groups is 2. The minimum absolute atomic E-state index is 0.000596. The van der Waals surface area contributed by atoms with Gasteiger partial charge in [-0.3, -0.25) is 9.79 Å². The number of nitrogens with zero attached hydrogens (tertiary/aromatic N) is 2. The fourth-order valence-corrected chi connectivity index (χ4v) is 2.34. The molecule has 1 amide bonds. The molecular formula is C18H17ClN4O3. The third-order valence-corrected chi connectivity index (χ3v) is 3.73. The van der Waals surface area contributed by atoms with Gasteiger partial charge < -0.3 is 16.2 Å². The van der Waals surface area contributed by atoms with Crippen molar-refractivity contribution in [2.45, 2.75) is 13.8 Å². The number of amides is 1. The van der Waals surface area contributed by atoms with Crippen LogP contribution in [0.25, 0.3) is 5.70 Å². The number of carboxylic acids is 1. The van der Waals surface area contributed by atoms with Crippen LogP contribution in [0.5, 0.6) is 0 Å². The highest BCUT2D eigenvalue weighted by Crippen LogP contribution is 2.24. The summed E-state index contributed by atoms with van der Waals surface area (Å²) < 4.78 is 0. The van der Waals surface area contributed by atoms with Gasteiger partial charge in [0.25, 0.3) is 0 Å². The molecule has 0 fully saturated rings.